The summed E-state index contributed by atoms with van der Waals surface area (Å²) in [5, 5.41) is 0. The summed E-state index contributed by atoms with van der Waals surface area (Å²) in [5.74, 6) is -0.694. The molecule has 144 valence electrons. The summed E-state index contributed by atoms with van der Waals surface area (Å²) in [6.45, 7) is 8.85. The van der Waals surface area contributed by atoms with Crippen LogP contribution in [0.4, 0.5) is 0 Å². The quantitative estimate of drug-likeness (QED) is 0.528. The maximum atomic E-state index is 12.4. The van der Waals surface area contributed by atoms with Crippen LogP contribution in [-0.2, 0) is 33.2 Å². The van der Waals surface area contributed by atoms with Gasteiger partial charge in [-0.05, 0) is 32.9 Å². The Hall–Kier alpha value is -1.45. The van der Waals surface area contributed by atoms with Crippen LogP contribution in [0.2, 0.25) is 0 Å². The molecule has 3 rings (SSSR count). The van der Waals surface area contributed by atoms with Gasteiger partial charge in [-0.1, -0.05) is 24.3 Å². The van der Waals surface area contributed by atoms with Crippen LogP contribution in [0.15, 0.2) is 42.0 Å². The van der Waals surface area contributed by atoms with Gasteiger partial charge in [-0.2, -0.15) is 8.42 Å². The van der Waals surface area contributed by atoms with Crippen molar-refractivity contribution in [2.75, 3.05) is 6.61 Å². The van der Waals surface area contributed by atoms with Crippen LogP contribution in [0.1, 0.15) is 25.8 Å². The number of fused-ring (bicyclic) bond motifs is 1. The molecule has 2 fully saturated rings. The van der Waals surface area contributed by atoms with Gasteiger partial charge in [0.2, 0.25) is 0 Å². The van der Waals surface area contributed by atoms with Crippen molar-refractivity contribution in [2.45, 2.75) is 62.5 Å². The molecule has 8 heteroatoms. The maximum Gasteiger partial charge on any atom is 0.297 e. The number of rotatable bonds is 7. The van der Waals surface area contributed by atoms with Crippen molar-refractivity contribution in [1.29, 1.82) is 0 Å². The van der Waals surface area contributed by atoms with Gasteiger partial charge in [0, 0.05) is 6.42 Å². The molecule has 0 radical (unpaired) electrons. The van der Waals surface area contributed by atoms with Crippen molar-refractivity contribution in [2.24, 2.45) is 0 Å². The first-order valence-electron chi connectivity index (χ1n) is 8.44. The van der Waals surface area contributed by atoms with Crippen LogP contribution in [-0.4, -0.2) is 45.4 Å². The second kappa shape index (κ2) is 7.28. The standard InChI is InChI=1S/C18H24O7S/c1-5-21-16(14-10-15-17(23-14)25-18(3,4)24-15)11-22-26(19,20)13-8-6-12(2)7-9-13/h5-9,14-17H,1,10-11H2,2-4H3/t14-,15+,16+,17+/m0/s1. The van der Waals surface area contributed by atoms with Gasteiger partial charge in [-0.25, -0.2) is 0 Å². The Morgan fingerprint density at radius 2 is 2.00 bits per heavy atom. The largest absolute Gasteiger partial charge is 0.493 e. The van der Waals surface area contributed by atoms with Gasteiger partial charge in [-0.15, -0.1) is 0 Å². The van der Waals surface area contributed by atoms with Crippen LogP contribution in [0, 0.1) is 6.92 Å². The Labute approximate surface area is 154 Å². The first-order chi connectivity index (χ1) is 12.2. The van der Waals surface area contributed by atoms with Crippen molar-refractivity contribution in [1.82, 2.24) is 0 Å². The molecule has 1 aromatic carbocycles. The molecule has 26 heavy (non-hydrogen) atoms. The Bertz CT molecular complexity index is 725. The van der Waals surface area contributed by atoms with Crippen LogP contribution in [0.3, 0.4) is 0 Å². The lowest BCUT2D eigenvalue weighted by Gasteiger charge is -2.25. The van der Waals surface area contributed by atoms with E-state index in [0.717, 1.165) is 5.56 Å². The summed E-state index contributed by atoms with van der Waals surface area (Å²) < 4.78 is 52.6. The molecule has 0 aromatic heterocycles. The number of aryl methyl sites for hydroxylation is 1. The zero-order valence-electron chi connectivity index (χ0n) is 15.1. The topological polar surface area (TPSA) is 80.3 Å². The first-order valence-corrected chi connectivity index (χ1v) is 9.84. The molecule has 0 N–H and O–H groups in total. The number of hydrogen-bond acceptors (Lipinski definition) is 7. The molecule has 0 bridgehead atoms. The highest BCUT2D eigenvalue weighted by atomic mass is 32.2. The Morgan fingerprint density at radius 3 is 2.62 bits per heavy atom. The average Bonchev–Trinajstić information content (AvgIpc) is 3.05. The lowest BCUT2D eigenvalue weighted by atomic mass is 10.1. The Morgan fingerprint density at radius 1 is 1.31 bits per heavy atom. The van der Waals surface area contributed by atoms with Crippen molar-refractivity contribution >= 4 is 10.1 Å². The monoisotopic (exact) mass is 384 g/mol. The zero-order chi connectivity index (χ0) is 18.9. The van der Waals surface area contributed by atoms with E-state index in [9.17, 15) is 8.42 Å². The molecule has 0 unspecified atom stereocenters. The van der Waals surface area contributed by atoms with Gasteiger partial charge in [0.15, 0.2) is 12.1 Å². The van der Waals surface area contributed by atoms with Gasteiger partial charge in [0.25, 0.3) is 10.1 Å². The maximum absolute atomic E-state index is 12.4. The molecule has 0 amide bonds. The number of benzene rings is 1. The van der Waals surface area contributed by atoms with Gasteiger partial charge in [0.05, 0.1) is 11.2 Å². The van der Waals surface area contributed by atoms with Gasteiger partial charge in [-0.3, -0.25) is 4.18 Å². The Balaban J connectivity index is 1.63. The summed E-state index contributed by atoms with van der Waals surface area (Å²) in [5.41, 5.74) is 0.964. The predicted molar refractivity (Wildman–Crippen MR) is 92.7 cm³/mol. The van der Waals surface area contributed by atoms with E-state index in [1.807, 2.05) is 20.8 Å². The third-order valence-electron chi connectivity index (χ3n) is 4.30. The molecule has 7 nitrogen and oxygen atoms in total. The molecular weight excluding hydrogens is 360 g/mol. The van der Waals surface area contributed by atoms with Crippen molar-refractivity contribution in [3.63, 3.8) is 0 Å². The minimum absolute atomic E-state index is 0.0954. The SMILES string of the molecule is C=CO[C@H](COS(=O)(=O)c1ccc(C)cc1)[C@@H]1C[C@H]2OC(C)(C)O[C@H]2O1. The average molecular weight is 384 g/mol. The van der Waals surface area contributed by atoms with E-state index < -0.39 is 34.4 Å². The highest BCUT2D eigenvalue weighted by molar-refractivity contribution is 7.86. The molecule has 2 aliphatic rings. The van der Waals surface area contributed by atoms with Crippen LogP contribution < -0.4 is 0 Å². The van der Waals surface area contributed by atoms with Gasteiger partial charge < -0.3 is 18.9 Å². The van der Waals surface area contributed by atoms with Crippen LogP contribution >= 0.6 is 0 Å². The lowest BCUT2D eigenvalue weighted by molar-refractivity contribution is -0.215. The number of hydrogen-bond donors (Lipinski definition) is 0. The van der Waals surface area contributed by atoms with Crippen LogP contribution in [0.5, 0.6) is 0 Å². The van der Waals surface area contributed by atoms with Crippen molar-refractivity contribution in [3.8, 4) is 0 Å². The van der Waals surface area contributed by atoms with Crippen LogP contribution in [0.25, 0.3) is 0 Å². The first kappa shape index (κ1) is 19.3. The van der Waals surface area contributed by atoms with Crippen molar-refractivity contribution < 1.29 is 31.5 Å². The van der Waals surface area contributed by atoms with Gasteiger partial charge in [0.1, 0.15) is 24.9 Å². The third kappa shape index (κ3) is 4.27. The fourth-order valence-corrected chi connectivity index (χ4v) is 3.98. The summed E-state index contributed by atoms with van der Waals surface area (Å²) in [4.78, 5) is 0.0954. The molecule has 0 spiro atoms. The number of ether oxygens (including phenoxy) is 4. The normalized spacial score (nSPS) is 28.5. The fraction of sp³-hybridized carbons (Fsp3) is 0.556. The molecule has 0 aliphatic carbocycles. The van der Waals surface area contributed by atoms with E-state index in [1.165, 1.54) is 18.4 Å². The highest BCUT2D eigenvalue weighted by Gasteiger charge is 2.50. The van der Waals surface area contributed by atoms with Crippen molar-refractivity contribution in [3.05, 3.63) is 42.7 Å². The predicted octanol–water partition coefficient (Wildman–Crippen LogP) is 2.50. The third-order valence-corrected chi connectivity index (χ3v) is 5.59. The summed E-state index contributed by atoms with van der Waals surface area (Å²) in [6, 6.07) is 6.44. The molecule has 4 atom stereocenters. The molecule has 2 aliphatic heterocycles. The molecule has 0 saturated carbocycles. The smallest absolute Gasteiger partial charge is 0.297 e. The fourth-order valence-electron chi connectivity index (χ4n) is 3.06. The minimum atomic E-state index is -3.89. The summed E-state index contributed by atoms with van der Waals surface area (Å²) in [7, 11) is -3.89. The Kier molecular flexibility index (Phi) is 5.41. The van der Waals surface area contributed by atoms with E-state index in [0.29, 0.717) is 6.42 Å². The van der Waals surface area contributed by atoms with Gasteiger partial charge >= 0.3 is 0 Å². The molecule has 2 saturated heterocycles. The summed E-state index contributed by atoms with van der Waals surface area (Å²) in [6.07, 6.45) is -0.0314. The molecule has 1 aromatic rings. The summed E-state index contributed by atoms with van der Waals surface area (Å²) >= 11 is 0. The van der Waals surface area contributed by atoms with E-state index in [-0.39, 0.29) is 17.6 Å². The van der Waals surface area contributed by atoms with E-state index in [4.69, 9.17) is 23.1 Å². The second-order valence-corrected chi connectivity index (χ2v) is 8.46. The minimum Gasteiger partial charge on any atom is -0.493 e. The molecule has 2 heterocycles. The second-order valence-electron chi connectivity index (χ2n) is 6.85. The lowest BCUT2D eigenvalue weighted by Crippen LogP contribution is -2.35. The zero-order valence-corrected chi connectivity index (χ0v) is 15.9. The van der Waals surface area contributed by atoms with E-state index >= 15 is 0 Å². The highest BCUT2D eigenvalue weighted by Crippen LogP contribution is 2.38. The molecular formula is C18H24O7S. The van der Waals surface area contributed by atoms with E-state index in [2.05, 4.69) is 6.58 Å². The van der Waals surface area contributed by atoms with E-state index in [1.54, 1.807) is 12.1 Å².